The maximum Gasteiger partial charge on any atom is 0.341 e. The lowest BCUT2D eigenvalue weighted by Crippen LogP contribution is -2.07. The van der Waals surface area contributed by atoms with Crippen LogP contribution in [-0.2, 0) is 11.3 Å². The number of furan rings is 1. The minimum absolute atomic E-state index is 0.0196. The monoisotopic (exact) mass is 316 g/mol. The van der Waals surface area contributed by atoms with Gasteiger partial charge in [-0.1, -0.05) is 5.16 Å². The molecule has 3 aromatic heterocycles. The van der Waals surface area contributed by atoms with E-state index in [0.29, 0.717) is 27.8 Å². The van der Waals surface area contributed by atoms with Crippen molar-refractivity contribution >= 4 is 17.7 Å². The van der Waals surface area contributed by atoms with Crippen LogP contribution >= 0.6 is 11.8 Å². The number of carbonyl (C=O) groups is 1. The summed E-state index contributed by atoms with van der Waals surface area (Å²) in [5, 5.41) is 4.48. The quantitative estimate of drug-likeness (QED) is 0.527. The van der Waals surface area contributed by atoms with Crippen LogP contribution in [0.1, 0.15) is 16.1 Å². The standard InChI is InChI=1S/C15H12N2O4S/c1-22-14-11(4-2-6-16-14)15(18)20-9-10-8-13(21-17-10)12-5-3-7-19-12/h2-8H,9H2,1H3. The fraction of sp³-hybridized carbons (Fsp3) is 0.133. The molecule has 0 N–H and O–H groups in total. The first-order valence-corrected chi connectivity index (χ1v) is 7.66. The normalized spacial score (nSPS) is 10.6. The summed E-state index contributed by atoms with van der Waals surface area (Å²) in [6.07, 6.45) is 5.03. The molecule has 0 aliphatic rings. The summed E-state index contributed by atoms with van der Waals surface area (Å²) in [5.74, 6) is 0.615. The average molecular weight is 316 g/mol. The van der Waals surface area contributed by atoms with Gasteiger partial charge in [-0.25, -0.2) is 9.78 Å². The van der Waals surface area contributed by atoms with Crippen LogP contribution < -0.4 is 0 Å². The maximum atomic E-state index is 12.1. The molecule has 3 rings (SSSR count). The van der Waals surface area contributed by atoms with Crippen LogP contribution in [0.15, 0.2) is 56.8 Å². The highest BCUT2D eigenvalue weighted by Crippen LogP contribution is 2.22. The van der Waals surface area contributed by atoms with E-state index in [0.717, 1.165) is 0 Å². The van der Waals surface area contributed by atoms with Crippen molar-refractivity contribution in [2.45, 2.75) is 11.6 Å². The van der Waals surface area contributed by atoms with Crippen LogP contribution in [-0.4, -0.2) is 22.4 Å². The lowest BCUT2D eigenvalue weighted by Gasteiger charge is -2.05. The van der Waals surface area contributed by atoms with E-state index in [9.17, 15) is 4.79 Å². The molecule has 22 heavy (non-hydrogen) atoms. The van der Waals surface area contributed by atoms with Gasteiger partial charge >= 0.3 is 5.97 Å². The van der Waals surface area contributed by atoms with Crippen molar-refractivity contribution in [2.24, 2.45) is 0 Å². The number of hydrogen-bond acceptors (Lipinski definition) is 7. The molecule has 3 heterocycles. The maximum absolute atomic E-state index is 12.1. The van der Waals surface area contributed by atoms with Gasteiger partial charge in [0.2, 0.25) is 5.76 Å². The van der Waals surface area contributed by atoms with Gasteiger partial charge in [-0.05, 0) is 30.5 Å². The fourth-order valence-corrected chi connectivity index (χ4v) is 2.38. The van der Waals surface area contributed by atoms with Crippen molar-refractivity contribution in [3.05, 3.63) is 54.0 Å². The van der Waals surface area contributed by atoms with Crippen LogP contribution in [0.4, 0.5) is 0 Å². The van der Waals surface area contributed by atoms with Gasteiger partial charge in [0, 0.05) is 12.3 Å². The second kappa shape index (κ2) is 6.48. The summed E-state index contributed by atoms with van der Waals surface area (Å²) in [6.45, 7) is 0.0196. The molecule has 0 spiro atoms. The highest BCUT2D eigenvalue weighted by molar-refractivity contribution is 7.98. The van der Waals surface area contributed by atoms with Crippen molar-refractivity contribution in [3.8, 4) is 11.5 Å². The fourth-order valence-electron chi connectivity index (χ4n) is 1.84. The molecule has 0 aromatic carbocycles. The van der Waals surface area contributed by atoms with Gasteiger partial charge in [-0.15, -0.1) is 11.8 Å². The molecule has 6 nitrogen and oxygen atoms in total. The second-order valence-corrected chi connectivity index (χ2v) is 5.09. The van der Waals surface area contributed by atoms with Crippen molar-refractivity contribution in [2.75, 3.05) is 6.26 Å². The summed E-state index contributed by atoms with van der Waals surface area (Å²) < 4.78 is 15.6. The molecule has 0 amide bonds. The predicted octanol–water partition coefficient (Wildman–Crippen LogP) is 3.41. The van der Waals surface area contributed by atoms with E-state index >= 15 is 0 Å². The van der Waals surface area contributed by atoms with Crippen molar-refractivity contribution in [1.82, 2.24) is 10.1 Å². The number of carbonyl (C=O) groups excluding carboxylic acids is 1. The minimum atomic E-state index is -0.444. The first kappa shape index (κ1) is 14.4. The zero-order chi connectivity index (χ0) is 15.4. The third-order valence-corrected chi connectivity index (χ3v) is 3.57. The van der Waals surface area contributed by atoms with Crippen molar-refractivity contribution < 1.29 is 18.5 Å². The van der Waals surface area contributed by atoms with Crippen molar-refractivity contribution in [3.63, 3.8) is 0 Å². The van der Waals surface area contributed by atoms with Crippen LogP contribution in [0.25, 0.3) is 11.5 Å². The molecular formula is C15H12N2O4S. The average Bonchev–Trinajstić information content (AvgIpc) is 3.23. The number of thioether (sulfide) groups is 1. The van der Waals surface area contributed by atoms with Crippen LogP contribution in [0.2, 0.25) is 0 Å². The number of pyridine rings is 1. The molecule has 0 atom stereocenters. The predicted molar refractivity (Wildman–Crippen MR) is 79.3 cm³/mol. The van der Waals surface area contributed by atoms with Gasteiger partial charge in [-0.2, -0.15) is 0 Å². The second-order valence-electron chi connectivity index (χ2n) is 4.30. The number of ether oxygens (including phenoxy) is 1. The molecule has 0 saturated carbocycles. The van der Waals surface area contributed by atoms with E-state index in [2.05, 4.69) is 10.1 Å². The summed E-state index contributed by atoms with van der Waals surface area (Å²) in [5.41, 5.74) is 0.944. The summed E-state index contributed by atoms with van der Waals surface area (Å²) in [4.78, 5) is 16.2. The zero-order valence-electron chi connectivity index (χ0n) is 11.7. The molecule has 3 aromatic rings. The van der Waals surface area contributed by atoms with E-state index in [-0.39, 0.29) is 6.61 Å². The molecule has 7 heteroatoms. The summed E-state index contributed by atoms with van der Waals surface area (Å²) >= 11 is 1.39. The Hall–Kier alpha value is -2.54. The lowest BCUT2D eigenvalue weighted by atomic mass is 10.3. The lowest BCUT2D eigenvalue weighted by molar-refractivity contribution is 0.0459. The molecule has 0 aliphatic carbocycles. The van der Waals surface area contributed by atoms with Crippen LogP contribution in [0.5, 0.6) is 0 Å². The molecule has 0 aliphatic heterocycles. The third kappa shape index (κ3) is 3.04. The van der Waals surface area contributed by atoms with Crippen LogP contribution in [0, 0.1) is 0 Å². The Labute approximate surface area is 130 Å². The number of esters is 1. The third-order valence-electron chi connectivity index (χ3n) is 2.86. The smallest absolute Gasteiger partial charge is 0.341 e. The Morgan fingerprint density at radius 1 is 1.32 bits per heavy atom. The minimum Gasteiger partial charge on any atom is -0.461 e. The summed E-state index contributed by atoms with van der Waals surface area (Å²) in [6, 6.07) is 8.56. The molecule has 0 unspecified atom stereocenters. The molecular weight excluding hydrogens is 304 g/mol. The van der Waals surface area contributed by atoms with Gasteiger partial charge in [0.05, 0.1) is 11.8 Å². The number of hydrogen-bond donors (Lipinski definition) is 0. The molecule has 0 radical (unpaired) electrons. The number of aromatic nitrogens is 2. The molecule has 112 valence electrons. The highest BCUT2D eigenvalue weighted by atomic mass is 32.2. The van der Waals surface area contributed by atoms with Gasteiger partial charge in [-0.3, -0.25) is 0 Å². The largest absolute Gasteiger partial charge is 0.461 e. The first-order valence-electron chi connectivity index (χ1n) is 6.43. The Balaban J connectivity index is 1.66. The van der Waals surface area contributed by atoms with Gasteiger partial charge in [0.25, 0.3) is 0 Å². The SMILES string of the molecule is CSc1ncccc1C(=O)OCc1cc(-c2ccco2)on1. The number of nitrogens with zero attached hydrogens (tertiary/aromatic N) is 2. The first-order chi connectivity index (χ1) is 10.8. The van der Waals surface area contributed by atoms with Gasteiger partial charge in [0.1, 0.15) is 17.3 Å². The Morgan fingerprint density at radius 3 is 3.00 bits per heavy atom. The van der Waals surface area contributed by atoms with E-state index in [1.54, 1.807) is 42.8 Å². The molecule has 0 fully saturated rings. The van der Waals surface area contributed by atoms with Gasteiger partial charge in [0.15, 0.2) is 5.76 Å². The van der Waals surface area contributed by atoms with Gasteiger partial charge < -0.3 is 13.7 Å². The van der Waals surface area contributed by atoms with E-state index in [1.807, 2.05) is 6.26 Å². The Bertz CT molecular complexity index is 767. The number of rotatable bonds is 5. The zero-order valence-corrected chi connectivity index (χ0v) is 12.5. The van der Waals surface area contributed by atoms with E-state index in [1.165, 1.54) is 11.8 Å². The van der Waals surface area contributed by atoms with E-state index < -0.39 is 5.97 Å². The molecule has 0 saturated heterocycles. The summed E-state index contributed by atoms with van der Waals surface area (Å²) in [7, 11) is 0. The van der Waals surface area contributed by atoms with Crippen molar-refractivity contribution in [1.29, 1.82) is 0 Å². The highest BCUT2D eigenvalue weighted by Gasteiger charge is 2.15. The Kier molecular flexibility index (Phi) is 4.24. The van der Waals surface area contributed by atoms with E-state index in [4.69, 9.17) is 13.7 Å². The van der Waals surface area contributed by atoms with Crippen LogP contribution in [0.3, 0.4) is 0 Å². The molecule has 0 bridgehead atoms. The topological polar surface area (TPSA) is 78.4 Å². The Morgan fingerprint density at radius 2 is 2.23 bits per heavy atom.